The molecule has 2 atom stereocenters. The van der Waals surface area contributed by atoms with Crippen molar-refractivity contribution < 1.29 is 4.74 Å². The minimum Gasteiger partial charge on any atom is -0.381 e. The van der Waals surface area contributed by atoms with Crippen molar-refractivity contribution >= 4 is 0 Å². The molecule has 2 rings (SSSR count). The molecule has 0 aromatic rings. The van der Waals surface area contributed by atoms with Crippen LogP contribution in [0.1, 0.15) is 51.9 Å². The Kier molecular flexibility index (Phi) is 4.04. The Morgan fingerprint density at radius 3 is 3.00 bits per heavy atom. The van der Waals surface area contributed by atoms with E-state index in [0.29, 0.717) is 5.54 Å². The summed E-state index contributed by atoms with van der Waals surface area (Å²) in [4.78, 5) is 0. The van der Waals surface area contributed by atoms with Gasteiger partial charge in [0.15, 0.2) is 0 Å². The molecule has 1 N–H and O–H groups in total. The van der Waals surface area contributed by atoms with E-state index in [-0.39, 0.29) is 0 Å². The lowest BCUT2D eigenvalue weighted by Crippen LogP contribution is -2.51. The second-order valence-electron chi connectivity index (χ2n) is 5.20. The predicted molar refractivity (Wildman–Crippen MR) is 63.0 cm³/mol. The van der Waals surface area contributed by atoms with Gasteiger partial charge < -0.3 is 10.1 Å². The van der Waals surface area contributed by atoms with Crippen LogP contribution in [0.25, 0.3) is 0 Å². The lowest BCUT2D eigenvalue weighted by atomic mass is 9.76. The van der Waals surface area contributed by atoms with E-state index in [0.717, 1.165) is 19.1 Å². The van der Waals surface area contributed by atoms with Gasteiger partial charge in [-0.15, -0.1) is 0 Å². The van der Waals surface area contributed by atoms with E-state index < -0.39 is 0 Å². The Hall–Kier alpha value is -0.0800. The third-order valence-electron chi connectivity index (χ3n) is 4.18. The van der Waals surface area contributed by atoms with Crippen LogP contribution in [0.5, 0.6) is 0 Å². The smallest absolute Gasteiger partial charge is 0.0512 e. The maximum atomic E-state index is 5.58. The molecule has 2 unspecified atom stereocenters. The summed E-state index contributed by atoms with van der Waals surface area (Å²) < 4.78 is 5.58. The van der Waals surface area contributed by atoms with Gasteiger partial charge in [-0.25, -0.2) is 0 Å². The molecule has 2 saturated heterocycles. The van der Waals surface area contributed by atoms with Gasteiger partial charge in [-0.05, 0) is 32.2 Å². The zero-order valence-corrected chi connectivity index (χ0v) is 10.1. The normalized spacial score (nSPS) is 37.8. The van der Waals surface area contributed by atoms with Crippen LogP contribution in [-0.2, 0) is 4.74 Å². The van der Waals surface area contributed by atoms with Gasteiger partial charge >= 0.3 is 0 Å². The maximum absolute atomic E-state index is 5.58. The fourth-order valence-corrected chi connectivity index (χ4v) is 3.35. The van der Waals surface area contributed by atoms with Crippen molar-refractivity contribution in [2.75, 3.05) is 19.8 Å². The van der Waals surface area contributed by atoms with E-state index in [2.05, 4.69) is 12.2 Å². The summed E-state index contributed by atoms with van der Waals surface area (Å²) in [7, 11) is 0. The molecule has 0 bridgehead atoms. The Morgan fingerprint density at radius 1 is 1.33 bits per heavy atom. The summed E-state index contributed by atoms with van der Waals surface area (Å²) >= 11 is 0. The standard InChI is InChI=1S/C13H25NO/c1-2-7-13(12-6-10-15-11-12)8-4-3-5-9-14-13/h12,14H,2-11H2,1H3. The van der Waals surface area contributed by atoms with Gasteiger partial charge in [0.05, 0.1) is 6.61 Å². The van der Waals surface area contributed by atoms with Gasteiger partial charge in [-0.2, -0.15) is 0 Å². The molecule has 2 heterocycles. The van der Waals surface area contributed by atoms with Crippen LogP contribution in [-0.4, -0.2) is 25.3 Å². The summed E-state index contributed by atoms with van der Waals surface area (Å²) in [5.74, 6) is 0.774. The Morgan fingerprint density at radius 2 is 2.27 bits per heavy atom. The van der Waals surface area contributed by atoms with Gasteiger partial charge in [0, 0.05) is 18.1 Å². The van der Waals surface area contributed by atoms with Crippen molar-refractivity contribution in [2.24, 2.45) is 5.92 Å². The predicted octanol–water partition coefficient (Wildman–Crippen LogP) is 2.73. The van der Waals surface area contributed by atoms with Crippen molar-refractivity contribution in [3.8, 4) is 0 Å². The van der Waals surface area contributed by atoms with Crippen LogP contribution in [0.3, 0.4) is 0 Å². The molecule has 0 amide bonds. The topological polar surface area (TPSA) is 21.3 Å². The first-order chi connectivity index (χ1) is 7.37. The highest BCUT2D eigenvalue weighted by atomic mass is 16.5. The molecule has 0 aromatic heterocycles. The summed E-state index contributed by atoms with van der Waals surface area (Å²) in [6.45, 7) is 5.51. The third kappa shape index (κ3) is 2.54. The molecule has 2 aliphatic heterocycles. The van der Waals surface area contributed by atoms with E-state index in [9.17, 15) is 0 Å². The Labute approximate surface area is 93.8 Å². The molecule has 2 fully saturated rings. The minimum atomic E-state index is 0.418. The van der Waals surface area contributed by atoms with Crippen molar-refractivity contribution in [3.05, 3.63) is 0 Å². The fraction of sp³-hybridized carbons (Fsp3) is 1.00. The molecule has 2 aliphatic rings. The highest BCUT2D eigenvalue weighted by Gasteiger charge is 2.39. The number of hydrogen-bond donors (Lipinski definition) is 1. The first kappa shape index (κ1) is 11.4. The van der Waals surface area contributed by atoms with Crippen LogP contribution >= 0.6 is 0 Å². The number of ether oxygens (including phenoxy) is 1. The quantitative estimate of drug-likeness (QED) is 0.775. The van der Waals surface area contributed by atoms with Crippen molar-refractivity contribution in [1.29, 1.82) is 0 Å². The van der Waals surface area contributed by atoms with E-state index in [4.69, 9.17) is 4.74 Å². The first-order valence-corrected chi connectivity index (χ1v) is 6.70. The average molecular weight is 211 g/mol. The molecular weight excluding hydrogens is 186 g/mol. The molecule has 2 heteroatoms. The Bertz CT molecular complexity index is 179. The van der Waals surface area contributed by atoms with Crippen LogP contribution in [0.15, 0.2) is 0 Å². The highest BCUT2D eigenvalue weighted by Crippen LogP contribution is 2.35. The van der Waals surface area contributed by atoms with Crippen LogP contribution in [0, 0.1) is 5.92 Å². The number of hydrogen-bond acceptors (Lipinski definition) is 2. The van der Waals surface area contributed by atoms with E-state index in [1.165, 1.54) is 51.5 Å². The van der Waals surface area contributed by atoms with Gasteiger partial charge in [0.1, 0.15) is 0 Å². The lowest BCUT2D eigenvalue weighted by Gasteiger charge is -2.39. The Balaban J connectivity index is 2.05. The molecule has 0 aliphatic carbocycles. The van der Waals surface area contributed by atoms with Crippen LogP contribution in [0.2, 0.25) is 0 Å². The van der Waals surface area contributed by atoms with Gasteiger partial charge in [0.2, 0.25) is 0 Å². The first-order valence-electron chi connectivity index (χ1n) is 6.70. The SMILES string of the molecule is CCCC1(C2CCOC2)CCCCCN1. The second kappa shape index (κ2) is 5.31. The molecule has 0 radical (unpaired) electrons. The molecular formula is C13H25NO. The van der Waals surface area contributed by atoms with Crippen molar-refractivity contribution in [1.82, 2.24) is 5.32 Å². The molecule has 0 aromatic carbocycles. The lowest BCUT2D eigenvalue weighted by molar-refractivity contribution is 0.134. The molecule has 2 nitrogen and oxygen atoms in total. The van der Waals surface area contributed by atoms with Crippen molar-refractivity contribution in [2.45, 2.75) is 57.4 Å². The molecule has 88 valence electrons. The van der Waals surface area contributed by atoms with Crippen LogP contribution < -0.4 is 5.32 Å². The highest BCUT2D eigenvalue weighted by molar-refractivity contribution is 4.96. The molecule has 15 heavy (non-hydrogen) atoms. The second-order valence-corrected chi connectivity index (χ2v) is 5.20. The maximum Gasteiger partial charge on any atom is 0.0512 e. The van der Waals surface area contributed by atoms with Gasteiger partial charge in [-0.1, -0.05) is 26.2 Å². The van der Waals surface area contributed by atoms with E-state index >= 15 is 0 Å². The summed E-state index contributed by atoms with van der Waals surface area (Å²) in [5, 5.41) is 3.86. The number of nitrogens with one attached hydrogen (secondary N) is 1. The summed E-state index contributed by atoms with van der Waals surface area (Å²) in [5.41, 5.74) is 0.418. The van der Waals surface area contributed by atoms with Gasteiger partial charge in [0.25, 0.3) is 0 Å². The molecule has 0 saturated carbocycles. The minimum absolute atomic E-state index is 0.418. The van der Waals surface area contributed by atoms with Gasteiger partial charge in [-0.3, -0.25) is 0 Å². The summed E-state index contributed by atoms with van der Waals surface area (Å²) in [6, 6.07) is 0. The third-order valence-corrected chi connectivity index (χ3v) is 4.18. The molecule has 0 spiro atoms. The average Bonchev–Trinajstić information content (AvgIpc) is 2.68. The zero-order chi connectivity index (χ0) is 10.6. The largest absolute Gasteiger partial charge is 0.381 e. The van der Waals surface area contributed by atoms with Crippen molar-refractivity contribution in [3.63, 3.8) is 0 Å². The fourth-order valence-electron chi connectivity index (χ4n) is 3.35. The van der Waals surface area contributed by atoms with E-state index in [1.54, 1.807) is 0 Å². The summed E-state index contributed by atoms with van der Waals surface area (Å²) in [6.07, 6.45) is 9.45. The number of rotatable bonds is 3. The zero-order valence-electron chi connectivity index (χ0n) is 10.1. The van der Waals surface area contributed by atoms with Crippen LogP contribution in [0.4, 0.5) is 0 Å². The monoisotopic (exact) mass is 211 g/mol. The van der Waals surface area contributed by atoms with E-state index in [1.807, 2.05) is 0 Å².